The molecule has 0 atom stereocenters. The number of hydrogen-bond donors (Lipinski definition) is 1. The predicted molar refractivity (Wildman–Crippen MR) is 95.8 cm³/mol. The highest BCUT2D eigenvalue weighted by molar-refractivity contribution is 7.92. The molecule has 1 aromatic carbocycles. The highest BCUT2D eigenvalue weighted by Crippen LogP contribution is 2.32. The molecule has 3 rings (SSSR count). The van der Waals surface area contributed by atoms with Gasteiger partial charge in [0, 0.05) is 29.7 Å². The van der Waals surface area contributed by atoms with Crippen LogP contribution in [0.15, 0.2) is 42.6 Å². The zero-order chi connectivity index (χ0) is 17.3. The summed E-state index contributed by atoms with van der Waals surface area (Å²) in [5, 5.41) is 1.11. The van der Waals surface area contributed by atoms with E-state index in [2.05, 4.69) is 20.3 Å². The smallest absolute Gasteiger partial charge is 0.238 e. The average Bonchev–Trinajstić information content (AvgIpc) is 2.92. The number of fused-ring (bicyclic) bond motifs is 1. The van der Waals surface area contributed by atoms with Gasteiger partial charge in [-0.1, -0.05) is 18.2 Å². The molecule has 7 heteroatoms. The zero-order valence-electron chi connectivity index (χ0n) is 13.8. The molecular weight excluding hydrogens is 326 g/mol. The summed E-state index contributed by atoms with van der Waals surface area (Å²) < 4.78 is 33.5. The number of aryl methyl sites for hydroxylation is 1. The van der Waals surface area contributed by atoms with Gasteiger partial charge >= 0.3 is 0 Å². The van der Waals surface area contributed by atoms with E-state index in [0.29, 0.717) is 5.69 Å². The molecule has 0 aliphatic rings. The lowest BCUT2D eigenvalue weighted by Gasteiger charge is -2.12. The zero-order valence-corrected chi connectivity index (χ0v) is 14.6. The second-order valence-electron chi connectivity index (χ2n) is 5.43. The number of rotatable bonds is 5. The summed E-state index contributed by atoms with van der Waals surface area (Å²) in [4.78, 5) is 4.24. The molecule has 0 saturated carbocycles. The molecule has 0 radical (unpaired) electrons. The third kappa shape index (κ3) is 2.94. The van der Waals surface area contributed by atoms with E-state index in [0.717, 1.165) is 22.2 Å². The number of para-hydroxylation sites is 1. The Bertz CT molecular complexity index is 993. The molecule has 0 aliphatic carbocycles. The van der Waals surface area contributed by atoms with Crippen LogP contribution in [0, 0.1) is 0 Å². The Morgan fingerprint density at radius 2 is 2.00 bits per heavy atom. The van der Waals surface area contributed by atoms with Crippen molar-refractivity contribution < 1.29 is 13.2 Å². The fourth-order valence-corrected chi connectivity index (χ4v) is 3.26. The third-order valence-corrected chi connectivity index (χ3v) is 5.23. The number of methoxy groups -OCH3 is 1. The van der Waals surface area contributed by atoms with Crippen LogP contribution in [-0.4, -0.2) is 30.8 Å². The second-order valence-corrected chi connectivity index (χ2v) is 7.44. The Morgan fingerprint density at radius 1 is 1.25 bits per heavy atom. The van der Waals surface area contributed by atoms with Crippen LogP contribution in [0.4, 0.5) is 5.69 Å². The molecule has 2 heterocycles. The van der Waals surface area contributed by atoms with Crippen LogP contribution in [0.2, 0.25) is 0 Å². The number of nitrogens with zero attached hydrogens (tertiary/aromatic N) is 2. The molecule has 0 bridgehead atoms. The molecular formula is C17H19N3O3S. The lowest BCUT2D eigenvalue weighted by molar-refractivity contribution is 0.400. The first-order chi connectivity index (χ1) is 11.4. The monoisotopic (exact) mass is 345 g/mol. The normalized spacial score (nSPS) is 11.6. The van der Waals surface area contributed by atoms with Crippen LogP contribution in [-0.2, 0) is 17.1 Å². The van der Waals surface area contributed by atoms with E-state index in [9.17, 15) is 8.42 Å². The number of nitrogens with one attached hydrogen (secondary N) is 1. The molecule has 126 valence electrons. The molecule has 0 unspecified atom stereocenters. The van der Waals surface area contributed by atoms with Crippen LogP contribution >= 0.6 is 0 Å². The summed E-state index contributed by atoms with van der Waals surface area (Å²) in [7, 11) is 0.0153. The van der Waals surface area contributed by atoms with E-state index in [1.165, 1.54) is 7.11 Å². The second kappa shape index (κ2) is 6.16. The van der Waals surface area contributed by atoms with Crippen molar-refractivity contribution in [2.24, 2.45) is 7.05 Å². The fraction of sp³-hybridized carbons (Fsp3) is 0.235. The van der Waals surface area contributed by atoms with Crippen molar-refractivity contribution in [1.29, 1.82) is 0 Å². The van der Waals surface area contributed by atoms with Crippen molar-refractivity contribution in [1.82, 2.24) is 9.55 Å². The first-order valence-electron chi connectivity index (χ1n) is 7.54. The number of aromatic nitrogens is 2. The van der Waals surface area contributed by atoms with Gasteiger partial charge in [-0.15, -0.1) is 0 Å². The summed E-state index contributed by atoms with van der Waals surface area (Å²) in [5.74, 6) is 0.226. The third-order valence-electron chi connectivity index (χ3n) is 3.94. The molecule has 24 heavy (non-hydrogen) atoms. The topological polar surface area (TPSA) is 73.2 Å². The molecule has 0 spiro atoms. The molecule has 0 aliphatic heterocycles. The lowest BCUT2D eigenvalue weighted by atomic mass is 10.2. The molecule has 0 saturated heterocycles. The van der Waals surface area contributed by atoms with Crippen molar-refractivity contribution >= 4 is 26.6 Å². The van der Waals surface area contributed by atoms with Crippen LogP contribution in [0.1, 0.15) is 6.92 Å². The largest absolute Gasteiger partial charge is 0.480 e. The number of hydrogen-bond acceptors (Lipinski definition) is 4. The maximum Gasteiger partial charge on any atom is 0.238 e. The van der Waals surface area contributed by atoms with Crippen molar-refractivity contribution in [2.75, 3.05) is 17.6 Å². The van der Waals surface area contributed by atoms with E-state index in [1.807, 2.05) is 31.3 Å². The van der Waals surface area contributed by atoms with Gasteiger partial charge in [0.2, 0.25) is 15.9 Å². The number of anilines is 1. The average molecular weight is 345 g/mol. The van der Waals surface area contributed by atoms with Crippen molar-refractivity contribution in [3.63, 3.8) is 0 Å². The Balaban J connectivity index is 2.12. The Hall–Kier alpha value is -2.54. The van der Waals surface area contributed by atoms with Gasteiger partial charge < -0.3 is 9.30 Å². The summed E-state index contributed by atoms with van der Waals surface area (Å²) in [6.45, 7) is 1.58. The summed E-state index contributed by atoms with van der Waals surface area (Å²) in [6, 6.07) is 11.8. The minimum absolute atomic E-state index is 0.0194. The van der Waals surface area contributed by atoms with Crippen LogP contribution in [0.25, 0.3) is 22.2 Å². The van der Waals surface area contributed by atoms with Crippen LogP contribution in [0.5, 0.6) is 5.88 Å². The first-order valence-corrected chi connectivity index (χ1v) is 9.19. The standard InChI is InChI=1S/C17H19N3O3S/c1-4-24(21,22)19-14-9-13(11-18-17(14)23-3)16-10-12-7-5-6-8-15(12)20(16)2/h5-11,19H,4H2,1-3H3. The van der Waals surface area contributed by atoms with Gasteiger partial charge in [0.1, 0.15) is 5.69 Å². The predicted octanol–water partition coefficient (Wildman–Crippen LogP) is 3.01. The van der Waals surface area contributed by atoms with Gasteiger partial charge in [0.15, 0.2) is 0 Å². The van der Waals surface area contributed by atoms with Gasteiger partial charge in [-0.25, -0.2) is 13.4 Å². The molecule has 3 aromatic rings. The van der Waals surface area contributed by atoms with Gasteiger partial charge in [0.05, 0.1) is 18.6 Å². The van der Waals surface area contributed by atoms with Crippen LogP contribution < -0.4 is 9.46 Å². The SMILES string of the molecule is CCS(=O)(=O)Nc1cc(-c2cc3ccccc3n2C)cnc1OC. The van der Waals surface area contributed by atoms with E-state index >= 15 is 0 Å². The molecule has 2 aromatic heterocycles. The fourth-order valence-electron chi connectivity index (χ4n) is 2.63. The summed E-state index contributed by atoms with van der Waals surface area (Å²) in [6.07, 6.45) is 1.68. The van der Waals surface area contributed by atoms with E-state index in [4.69, 9.17) is 4.74 Å². The quantitative estimate of drug-likeness (QED) is 0.771. The number of pyridine rings is 1. The molecule has 0 fully saturated rings. The van der Waals surface area contributed by atoms with Gasteiger partial charge in [-0.2, -0.15) is 0 Å². The summed E-state index contributed by atoms with van der Waals surface area (Å²) >= 11 is 0. The lowest BCUT2D eigenvalue weighted by Crippen LogP contribution is -2.15. The molecule has 6 nitrogen and oxygen atoms in total. The van der Waals surface area contributed by atoms with Crippen molar-refractivity contribution in [2.45, 2.75) is 6.92 Å². The van der Waals surface area contributed by atoms with Gasteiger partial charge in [0.25, 0.3) is 0 Å². The van der Waals surface area contributed by atoms with E-state index in [1.54, 1.807) is 19.2 Å². The maximum absolute atomic E-state index is 11.9. The van der Waals surface area contributed by atoms with Gasteiger partial charge in [-0.3, -0.25) is 4.72 Å². The van der Waals surface area contributed by atoms with Crippen molar-refractivity contribution in [3.8, 4) is 17.1 Å². The van der Waals surface area contributed by atoms with E-state index < -0.39 is 10.0 Å². The minimum Gasteiger partial charge on any atom is -0.480 e. The van der Waals surface area contributed by atoms with E-state index in [-0.39, 0.29) is 11.6 Å². The molecule has 1 N–H and O–H groups in total. The van der Waals surface area contributed by atoms with Crippen molar-refractivity contribution in [3.05, 3.63) is 42.6 Å². The number of benzene rings is 1. The highest BCUT2D eigenvalue weighted by atomic mass is 32.2. The number of ether oxygens (including phenoxy) is 1. The van der Waals surface area contributed by atoms with Gasteiger partial charge in [-0.05, 0) is 25.1 Å². The van der Waals surface area contributed by atoms with Crippen LogP contribution in [0.3, 0.4) is 0 Å². The number of sulfonamides is 1. The first kappa shape index (κ1) is 16.3. The highest BCUT2D eigenvalue weighted by Gasteiger charge is 2.15. The molecule has 0 amide bonds. The Labute approximate surface area is 141 Å². The maximum atomic E-state index is 11.9. The summed E-state index contributed by atoms with van der Waals surface area (Å²) in [5.41, 5.74) is 3.19. The minimum atomic E-state index is -3.42. The Morgan fingerprint density at radius 3 is 2.67 bits per heavy atom. The Kier molecular flexibility index (Phi) is 4.19.